The third-order valence-electron chi connectivity index (χ3n) is 2.92. The lowest BCUT2D eigenvalue weighted by Crippen LogP contribution is -2.18. The Morgan fingerprint density at radius 2 is 2.14 bits per heavy atom. The Balaban J connectivity index is 2.26. The lowest BCUT2D eigenvalue weighted by Gasteiger charge is -2.09. The normalized spacial score (nSPS) is 11.6. The van der Waals surface area contributed by atoms with Crippen LogP contribution in [0, 0.1) is 12.7 Å². The number of hydrogen-bond donors (Lipinski definition) is 3. The van der Waals surface area contributed by atoms with Crippen LogP contribution in [0.2, 0.25) is 0 Å². The maximum absolute atomic E-state index is 13.2. The first kappa shape index (κ1) is 15.5. The highest BCUT2D eigenvalue weighted by Crippen LogP contribution is 2.19. The molecule has 0 aliphatic carbocycles. The molecule has 1 heterocycles. The number of sulfonamides is 1. The van der Waals surface area contributed by atoms with Crippen molar-refractivity contribution >= 4 is 15.7 Å². The summed E-state index contributed by atoms with van der Waals surface area (Å²) >= 11 is 0. The third kappa shape index (κ3) is 3.59. The number of halogens is 1. The van der Waals surface area contributed by atoms with Crippen molar-refractivity contribution in [1.82, 2.24) is 15.5 Å². The molecule has 0 fully saturated rings. The van der Waals surface area contributed by atoms with Gasteiger partial charge in [0.1, 0.15) is 5.82 Å². The first-order valence-electron chi connectivity index (χ1n) is 6.46. The fourth-order valence-electron chi connectivity index (χ4n) is 1.83. The van der Waals surface area contributed by atoms with Crippen molar-refractivity contribution in [2.45, 2.75) is 25.4 Å². The van der Waals surface area contributed by atoms with Gasteiger partial charge in [0.25, 0.3) is 10.0 Å². The molecule has 0 bridgehead atoms. The van der Waals surface area contributed by atoms with E-state index in [1.807, 2.05) is 6.92 Å². The molecule has 0 saturated carbocycles. The summed E-state index contributed by atoms with van der Waals surface area (Å²) in [6.45, 7) is 4.61. The second kappa shape index (κ2) is 6.23. The lowest BCUT2D eigenvalue weighted by atomic mass is 10.2. The van der Waals surface area contributed by atoms with Crippen molar-refractivity contribution in [1.29, 1.82) is 0 Å². The van der Waals surface area contributed by atoms with Gasteiger partial charge in [0.2, 0.25) is 0 Å². The molecule has 3 N–H and O–H groups in total. The molecule has 1 aromatic carbocycles. The van der Waals surface area contributed by atoms with Crippen LogP contribution in [0.1, 0.15) is 18.1 Å². The van der Waals surface area contributed by atoms with Gasteiger partial charge in [0.15, 0.2) is 5.03 Å². The molecule has 0 aliphatic heterocycles. The monoisotopic (exact) mass is 312 g/mol. The average molecular weight is 312 g/mol. The van der Waals surface area contributed by atoms with E-state index in [1.54, 1.807) is 6.92 Å². The van der Waals surface area contributed by atoms with Crippen LogP contribution >= 0.6 is 0 Å². The second-order valence-electron chi connectivity index (χ2n) is 4.57. The number of anilines is 1. The Labute approximate surface area is 122 Å². The van der Waals surface area contributed by atoms with Gasteiger partial charge in [-0.25, -0.2) is 4.39 Å². The smallest absolute Gasteiger partial charge is 0.279 e. The fourth-order valence-corrected chi connectivity index (χ4v) is 3.01. The van der Waals surface area contributed by atoms with Gasteiger partial charge in [0, 0.05) is 17.8 Å². The zero-order valence-corrected chi connectivity index (χ0v) is 12.6. The van der Waals surface area contributed by atoms with Gasteiger partial charge in [-0.2, -0.15) is 13.5 Å². The molecule has 0 aliphatic rings. The van der Waals surface area contributed by atoms with Crippen LogP contribution in [0.25, 0.3) is 0 Å². The highest BCUT2D eigenvalue weighted by Gasteiger charge is 2.21. The maximum atomic E-state index is 13.2. The minimum atomic E-state index is -3.79. The standard InChI is InChI=1S/C13H17FN4O2S/c1-3-15-7-10-8-16-17-13(10)21(19,20)18-11-4-5-12(14)9(2)6-11/h4-6,8,15,18H,3,7H2,1-2H3,(H,16,17). The Kier molecular flexibility index (Phi) is 4.59. The molecule has 0 unspecified atom stereocenters. The second-order valence-corrected chi connectivity index (χ2v) is 6.19. The fraction of sp³-hybridized carbons (Fsp3) is 0.308. The van der Waals surface area contributed by atoms with E-state index in [4.69, 9.17) is 0 Å². The maximum Gasteiger partial charge on any atom is 0.279 e. The highest BCUT2D eigenvalue weighted by molar-refractivity contribution is 7.92. The summed E-state index contributed by atoms with van der Waals surface area (Å²) in [6, 6.07) is 4.03. The van der Waals surface area contributed by atoms with E-state index < -0.39 is 10.0 Å². The Morgan fingerprint density at radius 3 is 2.81 bits per heavy atom. The van der Waals surface area contributed by atoms with Gasteiger partial charge in [-0.15, -0.1) is 0 Å². The molecular formula is C13H17FN4O2S. The van der Waals surface area contributed by atoms with Crippen LogP contribution in [-0.4, -0.2) is 25.2 Å². The van der Waals surface area contributed by atoms with Crippen LogP contribution in [0.5, 0.6) is 0 Å². The molecule has 114 valence electrons. The topological polar surface area (TPSA) is 86.9 Å². The summed E-state index contributed by atoms with van der Waals surface area (Å²) in [5, 5.41) is 9.30. The summed E-state index contributed by atoms with van der Waals surface area (Å²) < 4.78 is 40.3. The zero-order valence-electron chi connectivity index (χ0n) is 11.8. The van der Waals surface area contributed by atoms with Crippen molar-refractivity contribution in [3.05, 3.63) is 41.3 Å². The predicted molar refractivity (Wildman–Crippen MR) is 77.9 cm³/mol. The number of nitrogens with one attached hydrogen (secondary N) is 3. The summed E-state index contributed by atoms with van der Waals surface area (Å²) in [4.78, 5) is 0. The number of rotatable bonds is 6. The number of nitrogens with zero attached hydrogens (tertiary/aromatic N) is 1. The Hall–Kier alpha value is -1.93. The van der Waals surface area contributed by atoms with Gasteiger partial charge in [0.05, 0.1) is 6.20 Å². The van der Waals surface area contributed by atoms with E-state index in [1.165, 1.54) is 24.4 Å². The Morgan fingerprint density at radius 1 is 1.38 bits per heavy atom. The molecule has 0 saturated heterocycles. The molecule has 0 spiro atoms. The van der Waals surface area contributed by atoms with Gasteiger partial charge >= 0.3 is 0 Å². The van der Waals surface area contributed by atoms with Gasteiger partial charge in [-0.05, 0) is 37.2 Å². The number of aromatic nitrogens is 2. The van der Waals surface area contributed by atoms with E-state index >= 15 is 0 Å². The number of benzene rings is 1. The minimum absolute atomic E-state index is 0.00503. The quantitative estimate of drug-likeness (QED) is 0.758. The van der Waals surface area contributed by atoms with E-state index in [2.05, 4.69) is 20.2 Å². The van der Waals surface area contributed by atoms with Gasteiger partial charge in [-0.3, -0.25) is 9.82 Å². The summed E-state index contributed by atoms with van der Waals surface area (Å²) in [7, 11) is -3.79. The zero-order chi connectivity index (χ0) is 15.5. The van der Waals surface area contributed by atoms with E-state index in [0.29, 0.717) is 23.4 Å². The average Bonchev–Trinajstić information content (AvgIpc) is 2.89. The number of aromatic amines is 1. The SMILES string of the molecule is CCNCc1cn[nH]c1S(=O)(=O)Nc1ccc(F)c(C)c1. The first-order valence-corrected chi connectivity index (χ1v) is 7.94. The van der Waals surface area contributed by atoms with Crippen LogP contribution in [0.4, 0.5) is 10.1 Å². The van der Waals surface area contributed by atoms with Crippen molar-refractivity contribution in [3.8, 4) is 0 Å². The van der Waals surface area contributed by atoms with Crippen LogP contribution in [0.15, 0.2) is 29.4 Å². The molecule has 0 amide bonds. The van der Waals surface area contributed by atoms with Crippen LogP contribution in [0.3, 0.4) is 0 Å². The molecule has 6 nitrogen and oxygen atoms in total. The van der Waals surface area contributed by atoms with Crippen molar-refractivity contribution in [2.75, 3.05) is 11.3 Å². The van der Waals surface area contributed by atoms with E-state index in [-0.39, 0.29) is 10.8 Å². The van der Waals surface area contributed by atoms with Gasteiger partial charge < -0.3 is 5.32 Å². The van der Waals surface area contributed by atoms with Gasteiger partial charge in [-0.1, -0.05) is 6.92 Å². The highest BCUT2D eigenvalue weighted by atomic mass is 32.2. The molecular weight excluding hydrogens is 295 g/mol. The third-order valence-corrected chi connectivity index (χ3v) is 4.32. The summed E-state index contributed by atoms with van der Waals surface area (Å²) in [6.07, 6.45) is 1.47. The minimum Gasteiger partial charge on any atom is -0.313 e. The van der Waals surface area contributed by atoms with Crippen molar-refractivity contribution < 1.29 is 12.8 Å². The van der Waals surface area contributed by atoms with Crippen LogP contribution < -0.4 is 10.0 Å². The lowest BCUT2D eigenvalue weighted by molar-refractivity contribution is 0.594. The van der Waals surface area contributed by atoms with E-state index in [9.17, 15) is 12.8 Å². The summed E-state index contributed by atoms with van der Waals surface area (Å²) in [5.41, 5.74) is 1.22. The first-order chi connectivity index (χ1) is 9.94. The molecule has 1 aromatic heterocycles. The van der Waals surface area contributed by atoms with Crippen molar-refractivity contribution in [3.63, 3.8) is 0 Å². The molecule has 0 radical (unpaired) electrons. The molecule has 0 atom stereocenters. The molecule has 21 heavy (non-hydrogen) atoms. The van der Waals surface area contributed by atoms with Crippen molar-refractivity contribution in [2.24, 2.45) is 0 Å². The molecule has 2 aromatic rings. The van der Waals surface area contributed by atoms with E-state index in [0.717, 1.165) is 6.54 Å². The number of H-pyrrole nitrogens is 1. The Bertz CT molecular complexity index is 728. The molecule has 8 heteroatoms. The largest absolute Gasteiger partial charge is 0.313 e. The number of aryl methyl sites for hydroxylation is 1. The van der Waals surface area contributed by atoms with Crippen LogP contribution in [-0.2, 0) is 16.6 Å². The molecule has 2 rings (SSSR count). The number of hydrogen-bond acceptors (Lipinski definition) is 4. The summed E-state index contributed by atoms with van der Waals surface area (Å²) in [5.74, 6) is -0.382. The predicted octanol–water partition coefficient (Wildman–Crippen LogP) is 1.77.